The zero-order valence-corrected chi connectivity index (χ0v) is 9.07. The van der Waals surface area contributed by atoms with Crippen LogP contribution in [-0.2, 0) is 5.41 Å². The van der Waals surface area contributed by atoms with Crippen molar-refractivity contribution in [1.82, 2.24) is 0 Å². The fourth-order valence-corrected chi connectivity index (χ4v) is 2.76. The fraction of sp³-hybridized carbons (Fsp3) is 0.400. The Kier molecular flexibility index (Phi) is 1.55. The van der Waals surface area contributed by atoms with Crippen LogP contribution in [0.1, 0.15) is 12.0 Å². The van der Waals surface area contributed by atoms with Crippen LogP contribution in [0.4, 0.5) is 10.1 Å². The van der Waals surface area contributed by atoms with E-state index in [4.69, 9.17) is 5.73 Å². The van der Waals surface area contributed by atoms with Crippen molar-refractivity contribution in [3.63, 3.8) is 0 Å². The van der Waals surface area contributed by atoms with Gasteiger partial charge < -0.3 is 11.1 Å². The molecule has 14 heavy (non-hydrogen) atoms. The summed E-state index contributed by atoms with van der Waals surface area (Å²) in [6.45, 7) is 0.775. The van der Waals surface area contributed by atoms with E-state index in [9.17, 15) is 4.39 Å². The van der Waals surface area contributed by atoms with Crippen molar-refractivity contribution in [1.29, 1.82) is 0 Å². The van der Waals surface area contributed by atoms with Gasteiger partial charge in [0.05, 0.1) is 5.69 Å². The van der Waals surface area contributed by atoms with Crippen molar-refractivity contribution in [2.24, 2.45) is 5.73 Å². The molecule has 4 heteroatoms. The number of nitrogens with one attached hydrogen (secondary N) is 1. The molecule has 2 aliphatic rings. The molecule has 2 atom stereocenters. The van der Waals surface area contributed by atoms with Crippen molar-refractivity contribution >= 4 is 21.6 Å². The number of rotatable bonds is 0. The molecule has 1 aliphatic heterocycles. The molecule has 3 rings (SSSR count). The molecule has 2 nitrogen and oxygen atoms in total. The second-order valence-corrected chi connectivity index (χ2v) is 5.05. The molecular formula is C10H10BrFN2. The van der Waals surface area contributed by atoms with Crippen molar-refractivity contribution in [2.45, 2.75) is 17.9 Å². The number of fused-ring (bicyclic) bond motifs is 2. The van der Waals surface area contributed by atoms with E-state index in [1.54, 1.807) is 0 Å². The maximum absolute atomic E-state index is 13.5. The predicted octanol–water partition coefficient (Wildman–Crippen LogP) is 1.98. The molecule has 0 bridgehead atoms. The lowest BCUT2D eigenvalue weighted by Crippen LogP contribution is -2.20. The van der Waals surface area contributed by atoms with Crippen LogP contribution in [0.25, 0.3) is 0 Å². The first-order chi connectivity index (χ1) is 6.63. The predicted molar refractivity (Wildman–Crippen MR) is 56.9 cm³/mol. The van der Waals surface area contributed by atoms with Gasteiger partial charge in [-0.05, 0) is 24.1 Å². The summed E-state index contributed by atoms with van der Waals surface area (Å²) in [6.07, 6.45) is 0.961. The summed E-state index contributed by atoms with van der Waals surface area (Å²) >= 11 is 3.31. The molecule has 3 N–H and O–H groups in total. The minimum Gasteiger partial charge on any atom is -0.381 e. The van der Waals surface area contributed by atoms with Crippen molar-refractivity contribution in [2.75, 3.05) is 11.9 Å². The fourth-order valence-electron chi connectivity index (χ4n) is 2.33. The summed E-state index contributed by atoms with van der Waals surface area (Å²) < 4.78 is 14.3. The van der Waals surface area contributed by atoms with Gasteiger partial charge in [0.15, 0.2) is 0 Å². The van der Waals surface area contributed by atoms with E-state index in [1.165, 1.54) is 6.07 Å². The second-order valence-electron chi connectivity index (χ2n) is 4.13. The van der Waals surface area contributed by atoms with E-state index in [-0.39, 0.29) is 17.3 Å². The summed E-state index contributed by atoms with van der Waals surface area (Å²) in [5.41, 5.74) is 7.59. The van der Waals surface area contributed by atoms with Crippen molar-refractivity contribution < 1.29 is 4.39 Å². The maximum atomic E-state index is 13.5. The van der Waals surface area contributed by atoms with Crippen LogP contribution in [-0.4, -0.2) is 12.6 Å². The third kappa shape index (κ3) is 0.929. The van der Waals surface area contributed by atoms with E-state index in [0.717, 1.165) is 23.0 Å². The molecule has 1 spiro atoms. The van der Waals surface area contributed by atoms with Crippen LogP contribution in [0, 0.1) is 5.82 Å². The zero-order valence-electron chi connectivity index (χ0n) is 7.48. The Labute approximate surface area is 89.8 Å². The van der Waals surface area contributed by atoms with Crippen LogP contribution >= 0.6 is 15.9 Å². The van der Waals surface area contributed by atoms with Crippen LogP contribution in [0.3, 0.4) is 0 Å². The minimum atomic E-state index is -0.189. The molecule has 1 aromatic carbocycles. The normalized spacial score (nSPS) is 32.9. The Bertz CT molecular complexity index is 421. The summed E-state index contributed by atoms with van der Waals surface area (Å²) in [5.74, 6) is -0.189. The first kappa shape index (κ1) is 8.68. The number of halogens is 2. The first-order valence-corrected chi connectivity index (χ1v) is 5.42. The standard InChI is InChI=1S/C10H10BrFN2/c11-5-1-6-9(7(12)2-5)14-4-10(6)3-8(10)13/h1-2,8,14H,3-4,13H2. The van der Waals surface area contributed by atoms with Crippen LogP contribution in [0.2, 0.25) is 0 Å². The van der Waals surface area contributed by atoms with Gasteiger partial charge >= 0.3 is 0 Å². The molecule has 1 fully saturated rings. The number of hydrogen-bond donors (Lipinski definition) is 2. The number of anilines is 1. The average molecular weight is 257 g/mol. The highest BCUT2D eigenvalue weighted by Gasteiger charge is 2.57. The third-order valence-electron chi connectivity index (χ3n) is 3.31. The molecule has 74 valence electrons. The van der Waals surface area contributed by atoms with E-state index < -0.39 is 0 Å². The lowest BCUT2D eigenvalue weighted by Gasteiger charge is -2.07. The van der Waals surface area contributed by atoms with Crippen molar-refractivity contribution in [3.8, 4) is 0 Å². The molecule has 0 saturated heterocycles. The molecule has 1 aliphatic carbocycles. The summed E-state index contributed by atoms with van der Waals surface area (Å²) in [4.78, 5) is 0. The van der Waals surface area contributed by atoms with Gasteiger partial charge in [0, 0.05) is 22.5 Å². The quantitative estimate of drug-likeness (QED) is 0.745. The Balaban J connectivity index is 2.20. The second kappa shape index (κ2) is 2.49. The lowest BCUT2D eigenvalue weighted by atomic mass is 9.97. The lowest BCUT2D eigenvalue weighted by molar-refractivity contribution is 0.630. The highest BCUT2D eigenvalue weighted by molar-refractivity contribution is 9.10. The van der Waals surface area contributed by atoms with E-state index in [2.05, 4.69) is 21.2 Å². The first-order valence-electron chi connectivity index (χ1n) is 4.62. The molecule has 0 amide bonds. The Morgan fingerprint density at radius 3 is 2.93 bits per heavy atom. The largest absolute Gasteiger partial charge is 0.381 e. The maximum Gasteiger partial charge on any atom is 0.147 e. The van der Waals surface area contributed by atoms with E-state index in [1.807, 2.05) is 6.07 Å². The van der Waals surface area contributed by atoms with Gasteiger partial charge in [0.2, 0.25) is 0 Å². The molecular weight excluding hydrogens is 247 g/mol. The van der Waals surface area contributed by atoms with Crippen molar-refractivity contribution in [3.05, 3.63) is 28.0 Å². The minimum absolute atomic E-state index is 0.0138. The topological polar surface area (TPSA) is 38.0 Å². The average Bonchev–Trinajstić information content (AvgIpc) is 2.59. The molecule has 0 aromatic heterocycles. The van der Waals surface area contributed by atoms with Gasteiger partial charge in [-0.1, -0.05) is 15.9 Å². The molecule has 2 unspecified atom stereocenters. The van der Waals surface area contributed by atoms with Crippen LogP contribution in [0.5, 0.6) is 0 Å². The number of benzene rings is 1. The SMILES string of the molecule is NC1CC12CNc1c(F)cc(Br)cc12. The number of hydrogen-bond acceptors (Lipinski definition) is 2. The third-order valence-corrected chi connectivity index (χ3v) is 3.76. The molecule has 1 aromatic rings. The van der Waals surface area contributed by atoms with Gasteiger partial charge in [-0.3, -0.25) is 0 Å². The summed E-state index contributed by atoms with van der Waals surface area (Å²) in [7, 11) is 0. The van der Waals surface area contributed by atoms with Gasteiger partial charge in [-0.25, -0.2) is 4.39 Å². The van der Waals surface area contributed by atoms with Gasteiger partial charge in [0.25, 0.3) is 0 Å². The monoisotopic (exact) mass is 256 g/mol. The Morgan fingerprint density at radius 2 is 2.29 bits per heavy atom. The Morgan fingerprint density at radius 1 is 1.57 bits per heavy atom. The van der Waals surface area contributed by atoms with E-state index >= 15 is 0 Å². The zero-order chi connectivity index (χ0) is 9.92. The van der Waals surface area contributed by atoms with Gasteiger partial charge in [0.1, 0.15) is 5.82 Å². The van der Waals surface area contributed by atoms with Gasteiger partial charge in [-0.15, -0.1) is 0 Å². The summed E-state index contributed by atoms with van der Waals surface area (Å²) in [5, 5.41) is 3.10. The highest BCUT2D eigenvalue weighted by atomic mass is 79.9. The number of nitrogens with two attached hydrogens (primary N) is 1. The molecule has 0 radical (unpaired) electrons. The summed E-state index contributed by atoms with van der Waals surface area (Å²) in [6, 6.07) is 3.65. The molecule has 1 heterocycles. The van der Waals surface area contributed by atoms with Crippen LogP contribution in [0.15, 0.2) is 16.6 Å². The van der Waals surface area contributed by atoms with Crippen LogP contribution < -0.4 is 11.1 Å². The Hall–Kier alpha value is -0.610. The smallest absolute Gasteiger partial charge is 0.147 e. The van der Waals surface area contributed by atoms with E-state index in [0.29, 0.717) is 5.69 Å². The molecule has 1 saturated carbocycles. The highest BCUT2D eigenvalue weighted by Crippen LogP contribution is 2.54. The van der Waals surface area contributed by atoms with Gasteiger partial charge in [-0.2, -0.15) is 0 Å².